The molecule has 2 aromatic heterocycles. The number of hydrogen-bond donors (Lipinski definition) is 0. The first-order valence-electron chi connectivity index (χ1n) is 9.90. The van der Waals surface area contributed by atoms with Gasteiger partial charge < -0.3 is 14.0 Å². The van der Waals surface area contributed by atoms with Gasteiger partial charge in [0, 0.05) is 35.3 Å². The molecule has 0 saturated heterocycles. The Bertz CT molecular complexity index is 1430. The lowest BCUT2D eigenvalue weighted by Crippen LogP contribution is -2.13. The van der Waals surface area contributed by atoms with Crippen LogP contribution >= 0.6 is 0 Å². The number of carbonyl (C=O) groups is 1. The number of aromatic nitrogens is 3. The van der Waals surface area contributed by atoms with Crippen molar-refractivity contribution < 1.29 is 14.3 Å². The number of nitrogens with zero attached hydrogens (tertiary/aromatic N) is 3. The van der Waals surface area contributed by atoms with Gasteiger partial charge in [0.25, 0.3) is 5.91 Å². The zero-order valence-electron chi connectivity index (χ0n) is 17.5. The Balaban J connectivity index is 1.77. The van der Waals surface area contributed by atoms with E-state index in [1.165, 1.54) is 0 Å². The standard InChI is InChI=1S/C25H21N3O3/c1-27-15-20(19-14-18(31-3)12-13-22(19)27)24-26-21-6-4-5-7-23(21)28(24)25(29)16-8-10-17(30-2)11-9-16/h4-15H,1-3H3. The third-order valence-electron chi connectivity index (χ3n) is 5.54. The second-order valence-electron chi connectivity index (χ2n) is 7.33. The molecule has 0 atom stereocenters. The average molecular weight is 411 g/mol. The van der Waals surface area contributed by atoms with Gasteiger partial charge in [0.1, 0.15) is 17.3 Å². The van der Waals surface area contributed by atoms with Gasteiger partial charge in [-0.1, -0.05) is 12.1 Å². The molecule has 0 aliphatic heterocycles. The largest absolute Gasteiger partial charge is 0.497 e. The van der Waals surface area contributed by atoms with E-state index < -0.39 is 0 Å². The predicted molar refractivity (Wildman–Crippen MR) is 121 cm³/mol. The fourth-order valence-electron chi connectivity index (χ4n) is 3.95. The van der Waals surface area contributed by atoms with Gasteiger partial charge >= 0.3 is 0 Å². The highest BCUT2D eigenvalue weighted by Crippen LogP contribution is 2.34. The molecule has 0 unspecified atom stereocenters. The van der Waals surface area contributed by atoms with Crippen molar-refractivity contribution >= 4 is 27.8 Å². The first kappa shape index (κ1) is 18.9. The number of rotatable bonds is 4. The Morgan fingerprint density at radius 1 is 0.871 bits per heavy atom. The van der Waals surface area contributed by atoms with E-state index in [1.54, 1.807) is 43.1 Å². The van der Waals surface area contributed by atoms with Crippen molar-refractivity contribution in [2.24, 2.45) is 7.05 Å². The maximum Gasteiger partial charge on any atom is 0.264 e. The number of aryl methyl sites for hydroxylation is 1. The van der Waals surface area contributed by atoms with Crippen LogP contribution in [0, 0.1) is 0 Å². The first-order chi connectivity index (χ1) is 15.1. The molecule has 0 aliphatic rings. The van der Waals surface area contributed by atoms with Crippen LogP contribution in [0.4, 0.5) is 0 Å². The molecular formula is C25H21N3O3. The van der Waals surface area contributed by atoms with Gasteiger partial charge in [0.15, 0.2) is 0 Å². The SMILES string of the molecule is COc1ccc(C(=O)n2c(-c3cn(C)c4ccc(OC)cc34)nc3ccccc32)cc1. The number of carbonyl (C=O) groups excluding carboxylic acids is 1. The van der Waals surface area contributed by atoms with Gasteiger partial charge in [-0.05, 0) is 54.6 Å². The molecule has 5 rings (SSSR count). The second kappa shape index (κ2) is 7.32. The topological polar surface area (TPSA) is 58.3 Å². The van der Waals surface area contributed by atoms with Crippen LogP contribution in [0.3, 0.4) is 0 Å². The van der Waals surface area contributed by atoms with E-state index >= 15 is 0 Å². The van der Waals surface area contributed by atoms with E-state index in [0.717, 1.165) is 33.2 Å². The van der Waals surface area contributed by atoms with E-state index in [0.29, 0.717) is 17.1 Å². The molecule has 31 heavy (non-hydrogen) atoms. The van der Waals surface area contributed by atoms with Crippen LogP contribution in [0.25, 0.3) is 33.3 Å². The number of hydrogen-bond acceptors (Lipinski definition) is 4. The summed E-state index contributed by atoms with van der Waals surface area (Å²) in [6.45, 7) is 0. The monoisotopic (exact) mass is 411 g/mol. The quantitative estimate of drug-likeness (QED) is 0.422. The first-order valence-corrected chi connectivity index (χ1v) is 9.90. The summed E-state index contributed by atoms with van der Waals surface area (Å²) >= 11 is 0. The van der Waals surface area contributed by atoms with Gasteiger partial charge in [0.05, 0.1) is 25.3 Å². The summed E-state index contributed by atoms with van der Waals surface area (Å²) in [6, 6.07) is 20.7. The number of methoxy groups -OCH3 is 2. The van der Waals surface area contributed by atoms with Crippen molar-refractivity contribution in [3.05, 3.63) is 78.5 Å². The summed E-state index contributed by atoms with van der Waals surface area (Å²) in [6.07, 6.45) is 2.00. The molecule has 0 amide bonds. The highest BCUT2D eigenvalue weighted by atomic mass is 16.5. The molecular weight excluding hydrogens is 390 g/mol. The number of para-hydroxylation sites is 2. The minimum absolute atomic E-state index is 0.147. The molecule has 5 aromatic rings. The number of benzene rings is 3. The molecule has 154 valence electrons. The average Bonchev–Trinajstić information content (AvgIpc) is 3.36. The fourth-order valence-corrected chi connectivity index (χ4v) is 3.95. The molecule has 6 heteroatoms. The zero-order valence-corrected chi connectivity index (χ0v) is 17.5. The van der Waals surface area contributed by atoms with Gasteiger partial charge in [0.2, 0.25) is 0 Å². The lowest BCUT2D eigenvalue weighted by atomic mass is 10.1. The molecule has 6 nitrogen and oxygen atoms in total. The van der Waals surface area contributed by atoms with Crippen molar-refractivity contribution in [1.29, 1.82) is 0 Å². The van der Waals surface area contributed by atoms with Crippen molar-refractivity contribution in [3.8, 4) is 22.9 Å². The van der Waals surface area contributed by atoms with E-state index in [1.807, 2.05) is 60.3 Å². The molecule has 0 saturated carbocycles. The predicted octanol–water partition coefficient (Wildman–Crippen LogP) is 4.90. The third-order valence-corrected chi connectivity index (χ3v) is 5.54. The Morgan fingerprint density at radius 3 is 2.32 bits per heavy atom. The van der Waals surface area contributed by atoms with Crippen molar-refractivity contribution in [2.45, 2.75) is 0 Å². The summed E-state index contributed by atoms with van der Waals surface area (Å²) < 4.78 is 14.4. The van der Waals surface area contributed by atoms with Crippen LogP contribution in [-0.2, 0) is 7.05 Å². The van der Waals surface area contributed by atoms with Crippen LogP contribution in [-0.4, -0.2) is 34.2 Å². The molecule has 0 bridgehead atoms. The van der Waals surface area contributed by atoms with Gasteiger partial charge in [-0.2, -0.15) is 0 Å². The Kier molecular flexibility index (Phi) is 4.47. The van der Waals surface area contributed by atoms with E-state index in [9.17, 15) is 4.79 Å². The summed E-state index contributed by atoms with van der Waals surface area (Å²) in [5.74, 6) is 1.91. The summed E-state index contributed by atoms with van der Waals surface area (Å²) in [7, 11) is 5.23. The molecule has 2 heterocycles. The number of fused-ring (bicyclic) bond motifs is 2. The molecule has 0 N–H and O–H groups in total. The molecule has 0 fully saturated rings. The highest BCUT2D eigenvalue weighted by Gasteiger charge is 2.22. The van der Waals surface area contributed by atoms with E-state index in [-0.39, 0.29) is 5.91 Å². The van der Waals surface area contributed by atoms with Gasteiger partial charge in [-0.3, -0.25) is 9.36 Å². The maximum absolute atomic E-state index is 13.6. The Hall–Kier alpha value is -4.06. The molecule has 3 aromatic carbocycles. The summed E-state index contributed by atoms with van der Waals surface area (Å²) in [5.41, 5.74) is 3.99. The van der Waals surface area contributed by atoms with Crippen molar-refractivity contribution in [1.82, 2.24) is 14.1 Å². The third kappa shape index (κ3) is 3.04. The lowest BCUT2D eigenvalue weighted by molar-refractivity contribution is 0.0966. The van der Waals surface area contributed by atoms with E-state index in [2.05, 4.69) is 0 Å². The van der Waals surface area contributed by atoms with Gasteiger partial charge in [-0.15, -0.1) is 0 Å². The van der Waals surface area contributed by atoms with Crippen LogP contribution in [0.1, 0.15) is 10.4 Å². The Labute approximate surface area is 179 Å². The molecule has 0 spiro atoms. The summed E-state index contributed by atoms with van der Waals surface area (Å²) in [5, 5.41) is 0.973. The molecule has 0 radical (unpaired) electrons. The Morgan fingerprint density at radius 2 is 1.58 bits per heavy atom. The van der Waals surface area contributed by atoms with Crippen LogP contribution in [0.2, 0.25) is 0 Å². The van der Waals surface area contributed by atoms with Crippen LogP contribution in [0.5, 0.6) is 11.5 Å². The normalized spacial score (nSPS) is 11.2. The fraction of sp³-hybridized carbons (Fsp3) is 0.120. The maximum atomic E-state index is 13.6. The van der Waals surface area contributed by atoms with Crippen LogP contribution < -0.4 is 9.47 Å². The smallest absolute Gasteiger partial charge is 0.264 e. The van der Waals surface area contributed by atoms with Crippen LogP contribution in [0.15, 0.2) is 72.9 Å². The molecule has 0 aliphatic carbocycles. The van der Waals surface area contributed by atoms with E-state index in [4.69, 9.17) is 14.5 Å². The van der Waals surface area contributed by atoms with Crippen molar-refractivity contribution in [2.75, 3.05) is 14.2 Å². The summed E-state index contributed by atoms with van der Waals surface area (Å²) in [4.78, 5) is 18.5. The highest BCUT2D eigenvalue weighted by molar-refractivity contribution is 6.06. The number of imidazole rings is 1. The minimum atomic E-state index is -0.147. The lowest BCUT2D eigenvalue weighted by Gasteiger charge is -2.09. The van der Waals surface area contributed by atoms with Gasteiger partial charge in [-0.25, -0.2) is 4.98 Å². The minimum Gasteiger partial charge on any atom is -0.497 e. The number of ether oxygens (including phenoxy) is 2. The second-order valence-corrected chi connectivity index (χ2v) is 7.33. The zero-order chi connectivity index (χ0) is 21.5. The van der Waals surface area contributed by atoms with Crippen molar-refractivity contribution in [3.63, 3.8) is 0 Å².